The van der Waals surface area contributed by atoms with Gasteiger partial charge in [0.25, 0.3) is 0 Å². The standard InChI is InChI=1S/C13H17Cl/c1-10-8-11(2)13(12(3)9-10)6-4-5-7-14/h4,6,8-9H,5,7H2,1-3H3. The second-order valence-electron chi connectivity index (χ2n) is 3.69. The second-order valence-corrected chi connectivity index (χ2v) is 4.07. The Morgan fingerprint density at radius 1 is 1.14 bits per heavy atom. The third-order valence-electron chi connectivity index (χ3n) is 2.30. The third kappa shape index (κ3) is 2.88. The molecule has 0 amide bonds. The summed E-state index contributed by atoms with van der Waals surface area (Å²) in [6.45, 7) is 6.44. The van der Waals surface area contributed by atoms with Gasteiger partial charge in [0, 0.05) is 5.88 Å². The molecule has 76 valence electrons. The van der Waals surface area contributed by atoms with E-state index in [-0.39, 0.29) is 0 Å². The predicted octanol–water partition coefficient (Wildman–Crippen LogP) is 4.25. The van der Waals surface area contributed by atoms with Gasteiger partial charge in [-0.15, -0.1) is 11.6 Å². The first kappa shape index (κ1) is 11.3. The quantitative estimate of drug-likeness (QED) is 0.652. The van der Waals surface area contributed by atoms with Crippen LogP contribution in [-0.4, -0.2) is 5.88 Å². The zero-order valence-corrected chi connectivity index (χ0v) is 9.86. The van der Waals surface area contributed by atoms with Crippen LogP contribution in [-0.2, 0) is 0 Å². The minimum Gasteiger partial charge on any atom is -0.126 e. The highest BCUT2D eigenvalue weighted by atomic mass is 35.5. The summed E-state index contributed by atoms with van der Waals surface area (Å²) in [7, 11) is 0. The Hall–Kier alpha value is -0.750. The number of rotatable bonds is 3. The van der Waals surface area contributed by atoms with E-state index >= 15 is 0 Å². The topological polar surface area (TPSA) is 0 Å². The molecule has 14 heavy (non-hydrogen) atoms. The fourth-order valence-corrected chi connectivity index (χ4v) is 1.84. The molecule has 1 rings (SSSR count). The summed E-state index contributed by atoms with van der Waals surface area (Å²) in [6, 6.07) is 4.43. The van der Waals surface area contributed by atoms with Gasteiger partial charge >= 0.3 is 0 Å². The van der Waals surface area contributed by atoms with Gasteiger partial charge in [0.05, 0.1) is 0 Å². The number of allylic oxidation sites excluding steroid dienone is 1. The fourth-order valence-electron chi connectivity index (χ4n) is 1.72. The molecule has 0 spiro atoms. The van der Waals surface area contributed by atoms with Crippen LogP contribution >= 0.6 is 11.6 Å². The maximum atomic E-state index is 5.62. The van der Waals surface area contributed by atoms with Crippen LogP contribution in [0, 0.1) is 20.8 Å². The Morgan fingerprint density at radius 3 is 2.21 bits per heavy atom. The number of halogens is 1. The summed E-state index contributed by atoms with van der Waals surface area (Å²) in [5.74, 6) is 0.695. The van der Waals surface area contributed by atoms with Crippen molar-refractivity contribution in [3.05, 3.63) is 40.5 Å². The van der Waals surface area contributed by atoms with Crippen LogP contribution in [0.5, 0.6) is 0 Å². The van der Waals surface area contributed by atoms with E-state index in [1.807, 2.05) is 0 Å². The molecule has 1 heteroatoms. The van der Waals surface area contributed by atoms with Gasteiger partial charge in [-0.2, -0.15) is 0 Å². The molecule has 0 fully saturated rings. The molecule has 0 nitrogen and oxygen atoms in total. The van der Waals surface area contributed by atoms with Crippen molar-refractivity contribution in [1.29, 1.82) is 0 Å². The van der Waals surface area contributed by atoms with Crippen LogP contribution in [0.25, 0.3) is 6.08 Å². The monoisotopic (exact) mass is 208 g/mol. The van der Waals surface area contributed by atoms with Crippen molar-refractivity contribution in [1.82, 2.24) is 0 Å². The second kappa shape index (κ2) is 5.21. The molecule has 0 saturated carbocycles. The SMILES string of the molecule is Cc1cc(C)c(C=CCCCl)c(C)c1. The Labute approximate surface area is 91.6 Å². The molecule has 0 aliphatic carbocycles. The lowest BCUT2D eigenvalue weighted by Gasteiger charge is -2.06. The maximum absolute atomic E-state index is 5.62. The van der Waals surface area contributed by atoms with Crippen LogP contribution in [0.2, 0.25) is 0 Å². The first-order valence-corrected chi connectivity index (χ1v) is 5.49. The molecule has 1 aromatic rings. The van der Waals surface area contributed by atoms with Crippen molar-refractivity contribution in [3.8, 4) is 0 Å². The van der Waals surface area contributed by atoms with E-state index in [9.17, 15) is 0 Å². The van der Waals surface area contributed by atoms with E-state index < -0.39 is 0 Å². The normalized spacial score (nSPS) is 11.1. The smallest absolute Gasteiger partial charge is 0.0258 e. The van der Waals surface area contributed by atoms with E-state index in [1.54, 1.807) is 0 Å². The van der Waals surface area contributed by atoms with Crippen LogP contribution in [0.4, 0.5) is 0 Å². The molecular formula is C13H17Cl. The van der Waals surface area contributed by atoms with Gasteiger partial charge in [-0.1, -0.05) is 29.8 Å². The molecule has 0 atom stereocenters. The minimum absolute atomic E-state index is 0.695. The first-order chi connectivity index (χ1) is 6.65. The maximum Gasteiger partial charge on any atom is 0.0258 e. The summed E-state index contributed by atoms with van der Waals surface area (Å²) in [5, 5.41) is 0. The molecule has 0 radical (unpaired) electrons. The van der Waals surface area contributed by atoms with Gasteiger partial charge in [-0.3, -0.25) is 0 Å². The van der Waals surface area contributed by atoms with Gasteiger partial charge < -0.3 is 0 Å². The van der Waals surface area contributed by atoms with Crippen molar-refractivity contribution < 1.29 is 0 Å². The number of benzene rings is 1. The van der Waals surface area contributed by atoms with Gasteiger partial charge in [0.15, 0.2) is 0 Å². The summed E-state index contributed by atoms with van der Waals surface area (Å²) >= 11 is 5.62. The number of alkyl halides is 1. The van der Waals surface area contributed by atoms with Gasteiger partial charge in [0.2, 0.25) is 0 Å². The van der Waals surface area contributed by atoms with Crippen molar-refractivity contribution in [2.75, 3.05) is 5.88 Å². The lowest BCUT2D eigenvalue weighted by atomic mass is 9.99. The van der Waals surface area contributed by atoms with E-state index in [1.165, 1.54) is 22.3 Å². The Morgan fingerprint density at radius 2 is 1.71 bits per heavy atom. The summed E-state index contributed by atoms with van der Waals surface area (Å²) < 4.78 is 0. The summed E-state index contributed by atoms with van der Waals surface area (Å²) in [5.41, 5.74) is 5.34. The van der Waals surface area contributed by atoms with Crippen molar-refractivity contribution in [3.63, 3.8) is 0 Å². The zero-order chi connectivity index (χ0) is 10.6. The molecule has 0 bridgehead atoms. The summed E-state index contributed by atoms with van der Waals surface area (Å²) in [4.78, 5) is 0. The average molecular weight is 209 g/mol. The minimum atomic E-state index is 0.695. The van der Waals surface area contributed by atoms with Gasteiger partial charge in [-0.05, 0) is 43.9 Å². The zero-order valence-electron chi connectivity index (χ0n) is 9.10. The molecule has 0 saturated heterocycles. The molecule has 1 aromatic carbocycles. The van der Waals surface area contributed by atoms with Crippen LogP contribution in [0.15, 0.2) is 18.2 Å². The van der Waals surface area contributed by atoms with E-state index in [2.05, 4.69) is 45.1 Å². The molecule has 0 aromatic heterocycles. The highest BCUT2D eigenvalue weighted by Gasteiger charge is 1.99. The van der Waals surface area contributed by atoms with Crippen LogP contribution in [0.1, 0.15) is 28.7 Å². The average Bonchev–Trinajstić information content (AvgIpc) is 2.09. The van der Waals surface area contributed by atoms with Crippen molar-refractivity contribution >= 4 is 17.7 Å². The lowest BCUT2D eigenvalue weighted by molar-refractivity contribution is 1.24. The molecule has 0 aliphatic heterocycles. The largest absolute Gasteiger partial charge is 0.126 e. The summed E-state index contributed by atoms with van der Waals surface area (Å²) in [6.07, 6.45) is 5.25. The van der Waals surface area contributed by atoms with Crippen LogP contribution < -0.4 is 0 Å². The third-order valence-corrected chi connectivity index (χ3v) is 2.52. The molecule has 0 N–H and O–H groups in total. The molecule has 0 unspecified atom stereocenters. The Bertz CT molecular complexity index is 314. The Balaban J connectivity index is 2.96. The highest BCUT2D eigenvalue weighted by molar-refractivity contribution is 6.17. The van der Waals surface area contributed by atoms with Crippen molar-refractivity contribution in [2.24, 2.45) is 0 Å². The first-order valence-electron chi connectivity index (χ1n) is 4.95. The molecule has 0 aliphatic rings. The highest BCUT2D eigenvalue weighted by Crippen LogP contribution is 2.17. The molecular weight excluding hydrogens is 192 g/mol. The lowest BCUT2D eigenvalue weighted by Crippen LogP contribution is -1.88. The van der Waals surface area contributed by atoms with Crippen molar-refractivity contribution in [2.45, 2.75) is 27.2 Å². The van der Waals surface area contributed by atoms with E-state index in [0.29, 0.717) is 5.88 Å². The number of aryl methyl sites for hydroxylation is 3. The Kier molecular flexibility index (Phi) is 4.21. The van der Waals surface area contributed by atoms with E-state index in [4.69, 9.17) is 11.6 Å². The predicted molar refractivity (Wildman–Crippen MR) is 65.0 cm³/mol. The number of hydrogen-bond donors (Lipinski definition) is 0. The van der Waals surface area contributed by atoms with Crippen LogP contribution in [0.3, 0.4) is 0 Å². The van der Waals surface area contributed by atoms with Gasteiger partial charge in [-0.25, -0.2) is 0 Å². The fraction of sp³-hybridized carbons (Fsp3) is 0.385. The van der Waals surface area contributed by atoms with Gasteiger partial charge in [0.1, 0.15) is 0 Å². The molecule has 0 heterocycles. The number of hydrogen-bond acceptors (Lipinski definition) is 0. The van der Waals surface area contributed by atoms with E-state index in [0.717, 1.165) is 6.42 Å².